The lowest BCUT2D eigenvalue weighted by Crippen LogP contribution is -2.05. The van der Waals surface area contributed by atoms with Crippen molar-refractivity contribution in [3.63, 3.8) is 0 Å². The van der Waals surface area contributed by atoms with Gasteiger partial charge in [-0.3, -0.25) is 0 Å². The molecule has 2 N–H and O–H groups in total. The van der Waals surface area contributed by atoms with Crippen LogP contribution >= 0.6 is 23.2 Å². The van der Waals surface area contributed by atoms with Gasteiger partial charge in [0.25, 0.3) is 0 Å². The summed E-state index contributed by atoms with van der Waals surface area (Å²) in [4.78, 5) is 11.7. The summed E-state index contributed by atoms with van der Waals surface area (Å²) in [6, 6.07) is 9.53. The van der Waals surface area contributed by atoms with Crippen molar-refractivity contribution in [2.75, 3.05) is 12.8 Å². The van der Waals surface area contributed by atoms with Gasteiger partial charge in [0.15, 0.2) is 5.75 Å². The molecule has 0 spiro atoms. The zero-order valence-electron chi connectivity index (χ0n) is 10.5. The van der Waals surface area contributed by atoms with Crippen molar-refractivity contribution in [3.8, 4) is 11.5 Å². The first kappa shape index (κ1) is 14.5. The van der Waals surface area contributed by atoms with Gasteiger partial charge < -0.3 is 15.2 Å². The van der Waals surface area contributed by atoms with Gasteiger partial charge in [-0.05, 0) is 30.3 Å². The Bertz CT molecular complexity index is 639. The summed E-state index contributed by atoms with van der Waals surface area (Å²) in [5.74, 6) is 0.0451. The Balaban J connectivity index is 2.44. The van der Waals surface area contributed by atoms with E-state index in [-0.39, 0.29) is 11.3 Å². The third kappa shape index (κ3) is 3.15. The molecule has 2 aromatic rings. The maximum Gasteiger partial charge on any atom is 0.341 e. The topological polar surface area (TPSA) is 61.5 Å². The Labute approximate surface area is 126 Å². The van der Waals surface area contributed by atoms with E-state index in [1.54, 1.807) is 36.4 Å². The first-order valence-electron chi connectivity index (χ1n) is 5.62. The van der Waals surface area contributed by atoms with Crippen LogP contribution in [-0.2, 0) is 4.74 Å². The number of nitrogen functional groups attached to an aromatic ring is 1. The van der Waals surface area contributed by atoms with Gasteiger partial charge in [0.05, 0.1) is 12.8 Å². The fourth-order valence-electron chi connectivity index (χ4n) is 1.64. The number of carbonyl (C=O) groups is 1. The smallest absolute Gasteiger partial charge is 0.341 e. The second kappa shape index (κ2) is 6.03. The number of nitrogens with two attached hydrogens (primary N) is 1. The molecule has 2 aromatic carbocycles. The minimum absolute atomic E-state index is 0.206. The van der Waals surface area contributed by atoms with Gasteiger partial charge in [-0.25, -0.2) is 4.79 Å². The zero-order chi connectivity index (χ0) is 14.7. The van der Waals surface area contributed by atoms with Gasteiger partial charge in [-0.1, -0.05) is 29.3 Å². The van der Waals surface area contributed by atoms with Crippen LogP contribution in [0.25, 0.3) is 0 Å². The molecule has 0 aliphatic carbocycles. The number of para-hydroxylation sites is 1. The average Bonchev–Trinajstić information content (AvgIpc) is 2.39. The molecule has 0 amide bonds. The maximum atomic E-state index is 11.7. The van der Waals surface area contributed by atoms with Gasteiger partial charge in [0.1, 0.15) is 11.3 Å². The fraction of sp³-hybridized carbons (Fsp3) is 0.0714. The molecule has 0 aromatic heterocycles. The SMILES string of the molecule is COC(=O)c1cccc(N)c1Oc1cc(Cl)cc(Cl)c1. The van der Waals surface area contributed by atoms with E-state index in [0.29, 0.717) is 21.5 Å². The summed E-state index contributed by atoms with van der Waals surface area (Å²) in [6.07, 6.45) is 0. The van der Waals surface area contributed by atoms with Crippen LogP contribution in [-0.4, -0.2) is 13.1 Å². The number of esters is 1. The van der Waals surface area contributed by atoms with E-state index in [1.165, 1.54) is 7.11 Å². The van der Waals surface area contributed by atoms with Gasteiger partial charge >= 0.3 is 5.97 Å². The van der Waals surface area contributed by atoms with Crippen molar-refractivity contribution in [2.24, 2.45) is 0 Å². The molecule has 104 valence electrons. The molecule has 6 heteroatoms. The lowest BCUT2D eigenvalue weighted by Gasteiger charge is -2.12. The average molecular weight is 312 g/mol. The predicted octanol–water partition coefficient (Wildman–Crippen LogP) is 4.15. The molecule has 4 nitrogen and oxygen atoms in total. The second-order valence-electron chi connectivity index (χ2n) is 3.92. The minimum atomic E-state index is -0.541. The van der Waals surface area contributed by atoms with E-state index < -0.39 is 5.97 Å². The Morgan fingerprint density at radius 1 is 1.15 bits per heavy atom. The lowest BCUT2D eigenvalue weighted by atomic mass is 10.1. The highest BCUT2D eigenvalue weighted by atomic mass is 35.5. The molecule has 0 atom stereocenters. The summed E-state index contributed by atoms with van der Waals surface area (Å²) in [5.41, 5.74) is 6.37. The van der Waals surface area contributed by atoms with Crippen molar-refractivity contribution < 1.29 is 14.3 Å². The number of ether oxygens (including phenoxy) is 2. The predicted molar refractivity (Wildman–Crippen MR) is 78.7 cm³/mol. The van der Waals surface area contributed by atoms with E-state index >= 15 is 0 Å². The number of hydrogen-bond acceptors (Lipinski definition) is 4. The number of anilines is 1. The molecule has 0 saturated carbocycles. The quantitative estimate of drug-likeness (QED) is 0.683. The number of methoxy groups -OCH3 is 1. The highest BCUT2D eigenvalue weighted by Crippen LogP contribution is 2.34. The molecule has 20 heavy (non-hydrogen) atoms. The number of hydrogen-bond donors (Lipinski definition) is 1. The number of carbonyl (C=O) groups excluding carboxylic acids is 1. The van der Waals surface area contributed by atoms with Crippen LogP contribution in [0.3, 0.4) is 0 Å². The van der Waals surface area contributed by atoms with Crippen molar-refractivity contribution in [2.45, 2.75) is 0 Å². The highest BCUT2D eigenvalue weighted by molar-refractivity contribution is 6.34. The Morgan fingerprint density at radius 3 is 2.40 bits per heavy atom. The van der Waals surface area contributed by atoms with E-state index in [2.05, 4.69) is 0 Å². The zero-order valence-corrected chi connectivity index (χ0v) is 12.0. The Morgan fingerprint density at radius 2 is 1.80 bits per heavy atom. The van der Waals surface area contributed by atoms with Crippen LogP contribution in [0.15, 0.2) is 36.4 Å². The molecule has 0 saturated heterocycles. The minimum Gasteiger partial charge on any atom is -0.465 e. The molecule has 0 radical (unpaired) electrons. The lowest BCUT2D eigenvalue weighted by molar-refractivity contribution is 0.0598. The summed E-state index contributed by atoms with van der Waals surface area (Å²) in [7, 11) is 1.28. The van der Waals surface area contributed by atoms with Gasteiger partial charge in [-0.15, -0.1) is 0 Å². The second-order valence-corrected chi connectivity index (χ2v) is 4.80. The van der Waals surface area contributed by atoms with E-state index in [4.69, 9.17) is 38.4 Å². The maximum absolute atomic E-state index is 11.7. The first-order chi connectivity index (χ1) is 9.51. The Kier molecular flexibility index (Phi) is 4.37. The van der Waals surface area contributed by atoms with E-state index in [9.17, 15) is 4.79 Å². The standard InChI is InChI=1S/C14H11Cl2NO3/c1-19-14(18)11-3-2-4-12(17)13(11)20-10-6-8(15)5-9(16)7-10/h2-7H,17H2,1H3. The van der Waals surface area contributed by atoms with Gasteiger partial charge in [0, 0.05) is 10.0 Å². The summed E-state index contributed by atoms with van der Waals surface area (Å²) in [5, 5.41) is 0.836. The molecule has 2 rings (SSSR count). The van der Waals surface area contributed by atoms with E-state index in [1.807, 2.05) is 0 Å². The molecular formula is C14H11Cl2NO3. The fourth-order valence-corrected chi connectivity index (χ4v) is 2.15. The van der Waals surface area contributed by atoms with Crippen molar-refractivity contribution in [1.29, 1.82) is 0 Å². The van der Waals surface area contributed by atoms with Crippen LogP contribution in [0.5, 0.6) is 11.5 Å². The summed E-state index contributed by atoms with van der Waals surface area (Å²) >= 11 is 11.8. The highest BCUT2D eigenvalue weighted by Gasteiger charge is 2.16. The molecule has 0 unspecified atom stereocenters. The van der Waals surface area contributed by atoms with Crippen molar-refractivity contribution >= 4 is 34.9 Å². The third-order valence-electron chi connectivity index (χ3n) is 2.51. The van der Waals surface area contributed by atoms with Gasteiger partial charge in [-0.2, -0.15) is 0 Å². The summed E-state index contributed by atoms with van der Waals surface area (Å²) < 4.78 is 10.3. The molecule has 0 heterocycles. The van der Waals surface area contributed by atoms with Crippen LogP contribution in [0.4, 0.5) is 5.69 Å². The molecule has 0 fully saturated rings. The van der Waals surface area contributed by atoms with E-state index in [0.717, 1.165) is 0 Å². The number of rotatable bonds is 3. The number of benzene rings is 2. The Hall–Kier alpha value is -1.91. The first-order valence-corrected chi connectivity index (χ1v) is 6.37. The van der Waals surface area contributed by atoms with Crippen LogP contribution < -0.4 is 10.5 Å². The van der Waals surface area contributed by atoms with Crippen LogP contribution in [0.1, 0.15) is 10.4 Å². The molecule has 0 bridgehead atoms. The number of halogens is 2. The normalized spacial score (nSPS) is 10.2. The third-order valence-corrected chi connectivity index (χ3v) is 2.94. The van der Waals surface area contributed by atoms with Crippen LogP contribution in [0, 0.1) is 0 Å². The monoisotopic (exact) mass is 311 g/mol. The molecule has 0 aliphatic rings. The summed E-state index contributed by atoms with van der Waals surface area (Å²) in [6.45, 7) is 0. The molecule has 0 aliphatic heterocycles. The largest absolute Gasteiger partial charge is 0.465 e. The van der Waals surface area contributed by atoms with Crippen molar-refractivity contribution in [3.05, 3.63) is 52.0 Å². The molecular weight excluding hydrogens is 301 g/mol. The van der Waals surface area contributed by atoms with Crippen LogP contribution in [0.2, 0.25) is 10.0 Å². The van der Waals surface area contributed by atoms with Gasteiger partial charge in [0.2, 0.25) is 0 Å². The van der Waals surface area contributed by atoms with Crippen molar-refractivity contribution in [1.82, 2.24) is 0 Å².